The van der Waals surface area contributed by atoms with Gasteiger partial charge >= 0.3 is 6.18 Å². The van der Waals surface area contributed by atoms with Crippen molar-refractivity contribution in [2.24, 2.45) is 5.73 Å². The number of rotatable bonds is 7. The van der Waals surface area contributed by atoms with Gasteiger partial charge in [-0.3, -0.25) is 9.59 Å². The zero-order valence-electron chi connectivity index (χ0n) is 23.7. The molecule has 1 unspecified atom stereocenters. The lowest BCUT2D eigenvalue weighted by atomic mass is 9.82. The normalized spacial score (nSPS) is 18.0. The average molecular weight is 595 g/mol. The van der Waals surface area contributed by atoms with Crippen LogP contribution in [0.3, 0.4) is 0 Å². The number of fused-ring (bicyclic) bond motifs is 2. The Balaban J connectivity index is 1.53. The van der Waals surface area contributed by atoms with Crippen LogP contribution in [0.15, 0.2) is 60.8 Å². The third-order valence-electron chi connectivity index (χ3n) is 7.81. The van der Waals surface area contributed by atoms with Crippen LogP contribution in [0.1, 0.15) is 65.3 Å². The van der Waals surface area contributed by atoms with Crippen LogP contribution >= 0.6 is 0 Å². The van der Waals surface area contributed by atoms with Crippen molar-refractivity contribution in [2.45, 2.75) is 44.2 Å². The number of hydrogen-bond acceptors (Lipinski definition) is 5. The van der Waals surface area contributed by atoms with E-state index in [1.807, 2.05) is 13.8 Å². The number of amides is 2. The van der Waals surface area contributed by atoms with Crippen molar-refractivity contribution in [1.29, 1.82) is 0 Å². The van der Waals surface area contributed by atoms with Gasteiger partial charge < -0.3 is 21.1 Å². The highest BCUT2D eigenvalue weighted by Crippen LogP contribution is 2.46. The van der Waals surface area contributed by atoms with Crippen molar-refractivity contribution < 1.29 is 31.9 Å². The number of hydrogen-bond donors (Lipinski definition) is 3. The number of halogens is 4. The van der Waals surface area contributed by atoms with Gasteiger partial charge in [-0.2, -0.15) is 13.2 Å². The van der Waals surface area contributed by atoms with Crippen LogP contribution in [0.4, 0.5) is 23.2 Å². The van der Waals surface area contributed by atoms with Gasteiger partial charge in [-0.25, -0.2) is 9.37 Å². The number of carbonyl (C=O) groups excluding carboxylic acids is 2. The van der Waals surface area contributed by atoms with Crippen LogP contribution in [0, 0.1) is 5.82 Å². The zero-order chi connectivity index (χ0) is 31.3. The van der Waals surface area contributed by atoms with E-state index in [0.717, 1.165) is 29.4 Å². The summed E-state index contributed by atoms with van der Waals surface area (Å²) in [5.41, 5.74) is 7.41. The van der Waals surface area contributed by atoms with Gasteiger partial charge in [-0.1, -0.05) is 26.5 Å². The molecule has 0 bridgehead atoms. The van der Waals surface area contributed by atoms with Gasteiger partial charge in [0.25, 0.3) is 5.91 Å². The van der Waals surface area contributed by atoms with Crippen molar-refractivity contribution in [3.63, 3.8) is 0 Å². The Hall–Kier alpha value is -4.67. The standard InChI is InChI=1S/C32H30F4N4O3/c1-16(2)22-12-20(11-19-6-5-17(3)39-26(19)22)29(41)38-14-24(32(34,35)36)25-13-23-28(43-15-31(23,4)30(37)42)27(40-25)18-7-9-21(33)10-8-18/h5-13,16,24,39H,3,14-15H2,1-2,4H3,(H2,37,42)(H,38,41)/t24?,31-/m0/s1. The molecule has 224 valence electrons. The summed E-state index contributed by atoms with van der Waals surface area (Å²) >= 11 is 0. The quantitative estimate of drug-likeness (QED) is 0.284. The number of aromatic nitrogens is 1. The smallest absolute Gasteiger partial charge is 0.398 e. The second kappa shape index (κ2) is 10.9. The molecule has 0 saturated heterocycles. The van der Waals surface area contributed by atoms with Crippen LogP contribution in [-0.4, -0.2) is 36.1 Å². The van der Waals surface area contributed by atoms with E-state index in [9.17, 15) is 27.2 Å². The predicted octanol–water partition coefficient (Wildman–Crippen LogP) is 6.17. The number of ether oxygens (including phenoxy) is 1. The second-order valence-corrected chi connectivity index (χ2v) is 11.2. The van der Waals surface area contributed by atoms with Gasteiger partial charge in [0.2, 0.25) is 5.91 Å². The van der Waals surface area contributed by atoms with Crippen LogP contribution < -0.4 is 21.1 Å². The Morgan fingerprint density at radius 2 is 1.86 bits per heavy atom. The number of carbonyl (C=O) groups is 2. The van der Waals surface area contributed by atoms with Crippen LogP contribution in [0.5, 0.6) is 5.75 Å². The van der Waals surface area contributed by atoms with Gasteiger partial charge in [-0.05, 0) is 72.5 Å². The first-order chi connectivity index (χ1) is 20.2. The van der Waals surface area contributed by atoms with Gasteiger partial charge in [0.15, 0.2) is 0 Å². The largest absolute Gasteiger partial charge is 0.489 e. The highest BCUT2D eigenvalue weighted by molar-refractivity contribution is 5.97. The van der Waals surface area contributed by atoms with E-state index >= 15 is 0 Å². The molecule has 3 heterocycles. The molecule has 2 aliphatic rings. The number of allylic oxidation sites excluding steroid dienone is 1. The molecule has 2 amide bonds. The molecule has 0 radical (unpaired) electrons. The molecule has 3 aromatic rings. The van der Waals surface area contributed by atoms with E-state index in [1.165, 1.54) is 19.1 Å². The van der Waals surface area contributed by atoms with Crippen molar-refractivity contribution in [2.75, 3.05) is 18.5 Å². The number of nitrogens with two attached hydrogens (primary N) is 1. The lowest BCUT2D eigenvalue weighted by Gasteiger charge is -2.24. The Labute approximate surface area is 245 Å². The fourth-order valence-electron chi connectivity index (χ4n) is 5.22. The Morgan fingerprint density at radius 3 is 2.49 bits per heavy atom. The van der Waals surface area contributed by atoms with Crippen LogP contribution in [-0.2, 0) is 10.2 Å². The van der Waals surface area contributed by atoms with E-state index in [4.69, 9.17) is 10.5 Å². The minimum absolute atomic E-state index is 0.00943. The number of benzene rings is 2. The van der Waals surface area contributed by atoms with Crippen LogP contribution in [0.25, 0.3) is 17.3 Å². The minimum Gasteiger partial charge on any atom is -0.489 e. The summed E-state index contributed by atoms with van der Waals surface area (Å²) in [5.74, 6) is -4.16. The average Bonchev–Trinajstić information content (AvgIpc) is 3.29. The maximum Gasteiger partial charge on any atom is 0.398 e. The molecular weight excluding hydrogens is 564 g/mol. The SMILES string of the molecule is C=C1C=Cc2cc(C(=O)NCC(c3cc4c(c(-c5ccc(F)cc5)n3)OC[C@]4(C)C(N)=O)C(F)(F)F)cc(C(C)C)c2N1. The molecule has 43 heavy (non-hydrogen) atoms. The summed E-state index contributed by atoms with van der Waals surface area (Å²) in [6.07, 6.45) is -1.29. The molecule has 2 aliphatic heterocycles. The third-order valence-corrected chi connectivity index (χ3v) is 7.81. The fraction of sp³-hybridized carbons (Fsp3) is 0.281. The summed E-state index contributed by atoms with van der Waals surface area (Å²) in [5, 5.41) is 5.62. The molecule has 0 spiro atoms. The van der Waals surface area contributed by atoms with Crippen molar-refractivity contribution in [1.82, 2.24) is 10.3 Å². The first-order valence-corrected chi connectivity index (χ1v) is 13.6. The van der Waals surface area contributed by atoms with E-state index in [2.05, 4.69) is 22.2 Å². The molecule has 1 aromatic heterocycles. The number of anilines is 1. The molecule has 0 aliphatic carbocycles. The van der Waals surface area contributed by atoms with E-state index in [0.29, 0.717) is 11.3 Å². The number of alkyl halides is 3. The Kier molecular flexibility index (Phi) is 7.53. The number of primary amides is 1. The summed E-state index contributed by atoms with van der Waals surface area (Å²) in [7, 11) is 0. The Morgan fingerprint density at radius 1 is 1.16 bits per heavy atom. The first-order valence-electron chi connectivity index (χ1n) is 13.6. The summed E-state index contributed by atoms with van der Waals surface area (Å²) in [4.78, 5) is 29.9. The highest BCUT2D eigenvalue weighted by atomic mass is 19.4. The van der Waals surface area contributed by atoms with Gasteiger partial charge in [0, 0.05) is 34.6 Å². The molecule has 2 aromatic carbocycles. The predicted molar refractivity (Wildman–Crippen MR) is 155 cm³/mol. The Bertz CT molecular complexity index is 1660. The van der Waals surface area contributed by atoms with Gasteiger partial charge in [0.05, 0.1) is 5.69 Å². The lowest BCUT2D eigenvalue weighted by Crippen LogP contribution is -2.40. The molecule has 7 nitrogen and oxygen atoms in total. The van der Waals surface area contributed by atoms with E-state index in [-0.39, 0.29) is 40.7 Å². The highest BCUT2D eigenvalue weighted by Gasteiger charge is 2.47. The van der Waals surface area contributed by atoms with Gasteiger partial charge in [0.1, 0.15) is 35.2 Å². The van der Waals surface area contributed by atoms with E-state index in [1.54, 1.807) is 24.3 Å². The molecule has 0 saturated carbocycles. The van der Waals surface area contributed by atoms with Crippen molar-refractivity contribution in [3.8, 4) is 17.0 Å². The molecule has 4 N–H and O–H groups in total. The topological polar surface area (TPSA) is 106 Å². The van der Waals surface area contributed by atoms with Crippen molar-refractivity contribution >= 4 is 23.6 Å². The van der Waals surface area contributed by atoms with E-state index < -0.39 is 47.4 Å². The summed E-state index contributed by atoms with van der Waals surface area (Å²) in [6, 6.07) is 9.41. The zero-order valence-corrected chi connectivity index (χ0v) is 23.7. The molecule has 11 heteroatoms. The maximum atomic E-state index is 14.6. The van der Waals surface area contributed by atoms with Gasteiger partial charge in [-0.15, -0.1) is 0 Å². The monoisotopic (exact) mass is 594 g/mol. The second-order valence-electron chi connectivity index (χ2n) is 11.2. The summed E-state index contributed by atoms with van der Waals surface area (Å²) < 4.78 is 63.2. The molecule has 2 atom stereocenters. The maximum absolute atomic E-state index is 14.6. The van der Waals surface area contributed by atoms with Crippen molar-refractivity contribution in [3.05, 3.63) is 94.6 Å². The molecule has 0 fully saturated rings. The summed E-state index contributed by atoms with van der Waals surface area (Å²) in [6.45, 7) is 8.24. The fourth-order valence-corrected chi connectivity index (χ4v) is 5.22. The lowest BCUT2D eigenvalue weighted by molar-refractivity contribution is -0.149. The number of pyridine rings is 1. The number of nitrogens with zero attached hydrogens (tertiary/aromatic N) is 1. The first kappa shape index (κ1) is 29.8. The molecule has 5 rings (SSSR count). The molecular formula is C32H30F4N4O3. The minimum atomic E-state index is -4.83. The number of nitrogens with one attached hydrogen (secondary N) is 2. The third kappa shape index (κ3) is 5.59. The van der Waals surface area contributed by atoms with Crippen LogP contribution in [0.2, 0.25) is 0 Å².